The smallest absolute Gasteiger partial charge is 0.407 e. The van der Waals surface area contributed by atoms with Gasteiger partial charge in [0.1, 0.15) is 5.60 Å². The Morgan fingerprint density at radius 1 is 1.47 bits per heavy atom. The molecule has 1 aromatic rings. The van der Waals surface area contributed by atoms with Crippen LogP contribution in [0.25, 0.3) is 6.08 Å². The molecule has 1 heterocycles. The second kappa shape index (κ2) is 6.87. The van der Waals surface area contributed by atoms with E-state index >= 15 is 0 Å². The first-order chi connectivity index (χ1) is 8.87. The molecular weight excluding hydrogens is 242 g/mol. The van der Waals surface area contributed by atoms with Crippen LogP contribution in [0.5, 0.6) is 0 Å². The van der Waals surface area contributed by atoms with E-state index in [-0.39, 0.29) is 6.04 Å². The van der Waals surface area contributed by atoms with Crippen molar-refractivity contribution >= 4 is 12.2 Å². The third kappa shape index (κ3) is 7.18. The largest absolute Gasteiger partial charge is 0.444 e. The van der Waals surface area contributed by atoms with Gasteiger partial charge < -0.3 is 10.1 Å². The molecule has 104 valence electrons. The lowest BCUT2D eigenvalue weighted by atomic mass is 10.2. The highest BCUT2D eigenvalue weighted by atomic mass is 16.6. The molecule has 5 nitrogen and oxygen atoms in total. The number of carbonyl (C=O) groups excluding carboxylic acids is 1. The summed E-state index contributed by atoms with van der Waals surface area (Å²) in [6, 6.07) is 0.00257. The van der Waals surface area contributed by atoms with Crippen molar-refractivity contribution < 1.29 is 9.53 Å². The Bertz CT molecular complexity index is 424. The molecule has 0 saturated heterocycles. The molecule has 5 heteroatoms. The zero-order chi connectivity index (χ0) is 14.3. The fraction of sp³-hybridized carbons (Fsp3) is 0.500. The summed E-state index contributed by atoms with van der Waals surface area (Å²) in [5.74, 6) is 0. The zero-order valence-corrected chi connectivity index (χ0v) is 11.9. The van der Waals surface area contributed by atoms with Gasteiger partial charge in [-0.25, -0.2) is 4.79 Å². The highest BCUT2D eigenvalue weighted by molar-refractivity contribution is 5.68. The number of aromatic nitrogens is 2. The predicted octanol–water partition coefficient (Wildman–Crippen LogP) is 2.79. The summed E-state index contributed by atoms with van der Waals surface area (Å²) >= 11 is 0. The Balaban J connectivity index is 2.34. The van der Waals surface area contributed by atoms with Gasteiger partial charge in [-0.05, 0) is 40.2 Å². The molecule has 1 unspecified atom stereocenters. The van der Waals surface area contributed by atoms with Gasteiger partial charge in [-0.1, -0.05) is 6.08 Å². The van der Waals surface area contributed by atoms with Gasteiger partial charge >= 0.3 is 6.09 Å². The topological polar surface area (TPSA) is 64.1 Å². The summed E-state index contributed by atoms with van der Waals surface area (Å²) in [6.45, 7) is 7.44. The monoisotopic (exact) mass is 263 g/mol. The van der Waals surface area contributed by atoms with Crippen LogP contribution >= 0.6 is 0 Å². The van der Waals surface area contributed by atoms with Crippen molar-refractivity contribution in [3.05, 3.63) is 30.4 Å². The molecule has 19 heavy (non-hydrogen) atoms. The molecule has 0 aliphatic carbocycles. The summed E-state index contributed by atoms with van der Waals surface area (Å²) in [5.41, 5.74) is 0.325. The zero-order valence-electron chi connectivity index (χ0n) is 11.9. The van der Waals surface area contributed by atoms with Gasteiger partial charge in [-0.15, -0.1) is 0 Å². The molecule has 0 saturated carbocycles. The van der Waals surface area contributed by atoms with Crippen molar-refractivity contribution in [3.63, 3.8) is 0 Å². The Hall–Kier alpha value is -1.91. The minimum Gasteiger partial charge on any atom is -0.444 e. The van der Waals surface area contributed by atoms with Crippen molar-refractivity contribution in [1.82, 2.24) is 15.3 Å². The molecule has 0 aliphatic rings. The van der Waals surface area contributed by atoms with Crippen LogP contribution in [-0.4, -0.2) is 27.7 Å². The van der Waals surface area contributed by atoms with E-state index in [1.807, 2.05) is 39.8 Å². The molecule has 0 radical (unpaired) electrons. The highest BCUT2D eigenvalue weighted by Crippen LogP contribution is 2.07. The summed E-state index contributed by atoms with van der Waals surface area (Å²) in [4.78, 5) is 19.6. The lowest BCUT2D eigenvalue weighted by molar-refractivity contribution is 0.0509. The molecule has 0 aromatic carbocycles. The average molecular weight is 263 g/mol. The third-order valence-electron chi connectivity index (χ3n) is 2.12. The van der Waals surface area contributed by atoms with Crippen LogP contribution in [0.2, 0.25) is 0 Å². The van der Waals surface area contributed by atoms with Gasteiger partial charge in [-0.2, -0.15) is 0 Å². The first-order valence-electron chi connectivity index (χ1n) is 6.29. The fourth-order valence-corrected chi connectivity index (χ4v) is 1.36. The van der Waals surface area contributed by atoms with E-state index in [1.165, 1.54) is 0 Å². The summed E-state index contributed by atoms with van der Waals surface area (Å²) in [7, 11) is 0. The number of alkyl carbamates (subject to hydrolysis) is 1. The molecule has 1 atom stereocenters. The maximum Gasteiger partial charge on any atom is 0.407 e. The van der Waals surface area contributed by atoms with Crippen LogP contribution in [0.1, 0.15) is 39.8 Å². The molecule has 0 bridgehead atoms. The lowest BCUT2D eigenvalue weighted by Gasteiger charge is -2.21. The van der Waals surface area contributed by atoms with Crippen molar-refractivity contribution in [2.24, 2.45) is 0 Å². The Morgan fingerprint density at radius 2 is 2.21 bits per heavy atom. The standard InChI is InChI=1S/C14H21N3O2/c1-11(17-13(18)19-14(2,3)4)6-5-7-12-10-15-8-9-16-12/h5,7-11H,6H2,1-4H3,(H,17,18)/b7-5+. The summed E-state index contributed by atoms with van der Waals surface area (Å²) < 4.78 is 5.18. The Kier molecular flexibility index (Phi) is 5.48. The molecule has 1 N–H and O–H groups in total. The van der Waals surface area contributed by atoms with Crippen LogP contribution in [0.4, 0.5) is 4.79 Å². The Labute approximate surface area is 114 Å². The summed E-state index contributed by atoms with van der Waals surface area (Å²) in [5, 5.41) is 2.77. The van der Waals surface area contributed by atoms with Gasteiger partial charge in [0.25, 0.3) is 0 Å². The number of hydrogen-bond acceptors (Lipinski definition) is 4. The normalized spacial score (nSPS) is 13.3. The van der Waals surface area contributed by atoms with Crippen LogP contribution in [-0.2, 0) is 4.74 Å². The third-order valence-corrected chi connectivity index (χ3v) is 2.12. The molecule has 1 rings (SSSR count). The quantitative estimate of drug-likeness (QED) is 0.907. The van der Waals surface area contributed by atoms with Gasteiger partial charge in [0.05, 0.1) is 11.9 Å². The SMILES string of the molecule is CC(C/C=C/c1cnccn1)NC(=O)OC(C)(C)C. The molecule has 0 fully saturated rings. The summed E-state index contributed by atoms with van der Waals surface area (Å²) in [6.07, 6.45) is 9.09. The minimum absolute atomic E-state index is 0.00257. The first kappa shape index (κ1) is 15.1. The van der Waals surface area contributed by atoms with E-state index in [1.54, 1.807) is 18.6 Å². The van der Waals surface area contributed by atoms with Gasteiger partial charge in [0.15, 0.2) is 0 Å². The maximum atomic E-state index is 11.5. The number of carbonyl (C=O) groups is 1. The minimum atomic E-state index is -0.473. The van der Waals surface area contributed by atoms with Crippen molar-refractivity contribution in [2.75, 3.05) is 0 Å². The van der Waals surface area contributed by atoms with Crippen molar-refractivity contribution in [3.8, 4) is 0 Å². The number of hydrogen-bond donors (Lipinski definition) is 1. The van der Waals surface area contributed by atoms with E-state index in [9.17, 15) is 4.79 Å². The van der Waals surface area contributed by atoms with Crippen LogP contribution in [0.15, 0.2) is 24.7 Å². The number of nitrogens with zero attached hydrogens (tertiary/aromatic N) is 2. The second-order valence-electron chi connectivity index (χ2n) is 5.32. The fourth-order valence-electron chi connectivity index (χ4n) is 1.36. The number of nitrogens with one attached hydrogen (secondary N) is 1. The highest BCUT2D eigenvalue weighted by Gasteiger charge is 2.16. The number of amides is 1. The van der Waals surface area contributed by atoms with Crippen LogP contribution in [0, 0.1) is 0 Å². The Morgan fingerprint density at radius 3 is 2.79 bits per heavy atom. The first-order valence-corrected chi connectivity index (χ1v) is 6.29. The van der Waals surface area contributed by atoms with E-state index in [2.05, 4.69) is 15.3 Å². The van der Waals surface area contributed by atoms with E-state index in [0.717, 1.165) is 5.69 Å². The number of ether oxygens (including phenoxy) is 1. The predicted molar refractivity (Wildman–Crippen MR) is 74.5 cm³/mol. The van der Waals surface area contributed by atoms with Crippen molar-refractivity contribution in [2.45, 2.75) is 45.8 Å². The number of rotatable bonds is 4. The van der Waals surface area contributed by atoms with Crippen molar-refractivity contribution in [1.29, 1.82) is 0 Å². The second-order valence-corrected chi connectivity index (χ2v) is 5.32. The van der Waals surface area contributed by atoms with Crippen LogP contribution in [0.3, 0.4) is 0 Å². The molecule has 0 aliphatic heterocycles. The molecule has 1 amide bonds. The van der Waals surface area contributed by atoms with E-state index < -0.39 is 11.7 Å². The average Bonchev–Trinajstić information content (AvgIpc) is 2.27. The van der Waals surface area contributed by atoms with Gasteiger partial charge in [0, 0.05) is 18.4 Å². The lowest BCUT2D eigenvalue weighted by Crippen LogP contribution is -2.37. The maximum absolute atomic E-state index is 11.5. The van der Waals surface area contributed by atoms with Gasteiger partial charge in [-0.3, -0.25) is 9.97 Å². The van der Waals surface area contributed by atoms with Gasteiger partial charge in [0.2, 0.25) is 0 Å². The van der Waals surface area contributed by atoms with E-state index in [4.69, 9.17) is 4.74 Å². The molecule has 1 aromatic heterocycles. The molecule has 0 spiro atoms. The molecular formula is C14H21N3O2. The van der Waals surface area contributed by atoms with E-state index in [0.29, 0.717) is 6.42 Å². The van der Waals surface area contributed by atoms with Crippen LogP contribution < -0.4 is 5.32 Å².